The van der Waals surface area contributed by atoms with Gasteiger partial charge in [-0.15, -0.1) is 0 Å². The molecule has 6 nitrogen and oxygen atoms in total. The molecule has 0 aromatic carbocycles. The van der Waals surface area contributed by atoms with Gasteiger partial charge in [-0.3, -0.25) is 0 Å². The van der Waals surface area contributed by atoms with Crippen LogP contribution in [0.5, 0.6) is 5.88 Å². The average Bonchev–Trinajstić information content (AvgIpc) is 2.47. The minimum Gasteiger partial charge on any atom is -0.477 e. The molecular formula is C15H27N3O3. The molecule has 0 amide bonds. The number of hydrogen-bond acceptors (Lipinski definition) is 6. The van der Waals surface area contributed by atoms with Gasteiger partial charge < -0.3 is 19.5 Å². The van der Waals surface area contributed by atoms with Gasteiger partial charge in [-0.25, -0.2) is 4.98 Å². The lowest BCUT2D eigenvalue weighted by Crippen LogP contribution is -2.09. The fraction of sp³-hybridized carbons (Fsp3) is 0.733. The number of nitrogens with one attached hydrogen (secondary N) is 1. The molecule has 6 heteroatoms. The van der Waals surface area contributed by atoms with Crippen LogP contribution in [0.1, 0.15) is 32.5 Å². The van der Waals surface area contributed by atoms with E-state index < -0.39 is 0 Å². The van der Waals surface area contributed by atoms with Crippen molar-refractivity contribution in [2.24, 2.45) is 0 Å². The first-order valence-corrected chi connectivity index (χ1v) is 7.61. The Morgan fingerprint density at radius 3 is 2.67 bits per heavy atom. The van der Waals surface area contributed by atoms with Gasteiger partial charge >= 0.3 is 0 Å². The number of methoxy groups -OCH3 is 1. The van der Waals surface area contributed by atoms with Crippen LogP contribution < -0.4 is 10.1 Å². The van der Waals surface area contributed by atoms with Crippen LogP contribution in [0, 0.1) is 0 Å². The van der Waals surface area contributed by atoms with E-state index in [1.165, 1.54) is 0 Å². The maximum absolute atomic E-state index is 5.68. The highest BCUT2D eigenvalue weighted by atomic mass is 16.5. The summed E-state index contributed by atoms with van der Waals surface area (Å²) in [6.07, 6.45) is 2.70. The van der Waals surface area contributed by atoms with E-state index in [2.05, 4.69) is 22.2 Å². The topological polar surface area (TPSA) is 65.5 Å². The highest BCUT2D eigenvalue weighted by Crippen LogP contribution is 2.14. The lowest BCUT2D eigenvalue weighted by Gasteiger charge is -2.10. The van der Waals surface area contributed by atoms with Gasteiger partial charge in [0, 0.05) is 39.2 Å². The van der Waals surface area contributed by atoms with E-state index in [4.69, 9.17) is 14.2 Å². The van der Waals surface area contributed by atoms with Crippen molar-refractivity contribution in [2.45, 2.75) is 33.1 Å². The smallest absolute Gasteiger partial charge is 0.218 e. The highest BCUT2D eigenvalue weighted by molar-refractivity contribution is 5.38. The standard InChI is InChI=1S/C15H27N3O3/c1-4-7-13-17-14(16-5-2)12-15(18-13)21-9-6-8-20-11-10-19-3/h12H,4-11H2,1-3H3,(H,16,17,18). The first-order chi connectivity index (χ1) is 10.3. The molecule has 0 aliphatic rings. The third-order valence-electron chi connectivity index (χ3n) is 2.70. The van der Waals surface area contributed by atoms with E-state index in [9.17, 15) is 0 Å². The van der Waals surface area contributed by atoms with Gasteiger partial charge in [0.25, 0.3) is 0 Å². The summed E-state index contributed by atoms with van der Waals surface area (Å²) in [6, 6.07) is 1.84. The van der Waals surface area contributed by atoms with Gasteiger partial charge in [0.05, 0.1) is 19.8 Å². The van der Waals surface area contributed by atoms with Crippen LogP contribution >= 0.6 is 0 Å². The van der Waals surface area contributed by atoms with E-state index in [0.29, 0.717) is 32.3 Å². The average molecular weight is 297 g/mol. The maximum atomic E-state index is 5.68. The molecule has 0 spiro atoms. The molecule has 1 N–H and O–H groups in total. The number of anilines is 1. The number of nitrogens with zero attached hydrogens (tertiary/aromatic N) is 2. The summed E-state index contributed by atoms with van der Waals surface area (Å²) in [5.41, 5.74) is 0. The zero-order chi connectivity index (χ0) is 15.3. The Morgan fingerprint density at radius 1 is 1.10 bits per heavy atom. The van der Waals surface area contributed by atoms with E-state index in [1.807, 2.05) is 13.0 Å². The molecule has 0 unspecified atom stereocenters. The maximum Gasteiger partial charge on any atom is 0.218 e. The predicted octanol–water partition coefficient (Wildman–Crippen LogP) is 2.29. The van der Waals surface area contributed by atoms with Crippen LogP contribution in [0.4, 0.5) is 5.82 Å². The van der Waals surface area contributed by atoms with Crippen molar-refractivity contribution < 1.29 is 14.2 Å². The van der Waals surface area contributed by atoms with Crippen LogP contribution in [0.3, 0.4) is 0 Å². The Hall–Kier alpha value is -1.40. The summed E-state index contributed by atoms with van der Waals surface area (Å²) < 4.78 is 16.0. The lowest BCUT2D eigenvalue weighted by atomic mass is 10.3. The molecule has 120 valence electrons. The van der Waals surface area contributed by atoms with Gasteiger partial charge in [0.1, 0.15) is 11.6 Å². The summed E-state index contributed by atoms with van der Waals surface area (Å²) in [5.74, 6) is 2.27. The minimum absolute atomic E-state index is 0.584. The van der Waals surface area contributed by atoms with E-state index >= 15 is 0 Å². The Kier molecular flexibility index (Phi) is 9.48. The summed E-state index contributed by atoms with van der Waals surface area (Å²) in [6.45, 7) is 7.47. The monoisotopic (exact) mass is 297 g/mol. The molecule has 1 rings (SSSR count). The molecule has 0 saturated heterocycles. The summed E-state index contributed by atoms with van der Waals surface area (Å²) in [7, 11) is 1.66. The molecule has 0 fully saturated rings. The molecule has 0 aliphatic heterocycles. The fourth-order valence-electron chi connectivity index (χ4n) is 1.74. The number of rotatable bonds is 12. The second-order valence-corrected chi connectivity index (χ2v) is 4.60. The summed E-state index contributed by atoms with van der Waals surface area (Å²) in [5, 5.41) is 3.20. The third kappa shape index (κ3) is 7.82. The quantitative estimate of drug-likeness (QED) is 0.597. The first-order valence-electron chi connectivity index (χ1n) is 7.61. The first kappa shape index (κ1) is 17.7. The van der Waals surface area contributed by atoms with Crippen molar-refractivity contribution in [1.82, 2.24) is 9.97 Å². The van der Waals surface area contributed by atoms with Gasteiger partial charge in [-0.1, -0.05) is 6.92 Å². The molecule has 21 heavy (non-hydrogen) atoms. The van der Waals surface area contributed by atoms with E-state index in [1.54, 1.807) is 7.11 Å². The largest absolute Gasteiger partial charge is 0.477 e. The van der Waals surface area contributed by atoms with Crippen molar-refractivity contribution in [1.29, 1.82) is 0 Å². The normalized spacial score (nSPS) is 10.6. The van der Waals surface area contributed by atoms with Crippen LogP contribution in [0.2, 0.25) is 0 Å². The Bertz CT molecular complexity index is 364. The lowest BCUT2D eigenvalue weighted by molar-refractivity contribution is 0.0642. The van der Waals surface area contributed by atoms with Crippen molar-refractivity contribution in [3.63, 3.8) is 0 Å². The molecule has 0 aliphatic carbocycles. The fourth-order valence-corrected chi connectivity index (χ4v) is 1.74. The molecule has 0 radical (unpaired) electrons. The number of aryl methyl sites for hydroxylation is 1. The van der Waals surface area contributed by atoms with Gasteiger partial charge in [0.15, 0.2) is 0 Å². The van der Waals surface area contributed by atoms with Crippen molar-refractivity contribution in [3.8, 4) is 5.88 Å². The molecule has 1 aromatic rings. The molecular weight excluding hydrogens is 270 g/mol. The number of ether oxygens (including phenoxy) is 3. The minimum atomic E-state index is 0.584. The van der Waals surface area contributed by atoms with Crippen molar-refractivity contribution in [2.75, 3.05) is 45.4 Å². The number of aromatic nitrogens is 2. The second kappa shape index (κ2) is 11.3. The summed E-state index contributed by atoms with van der Waals surface area (Å²) in [4.78, 5) is 8.87. The predicted molar refractivity (Wildman–Crippen MR) is 83.0 cm³/mol. The molecule has 0 saturated carbocycles. The number of hydrogen-bond donors (Lipinski definition) is 1. The Balaban J connectivity index is 2.38. The Labute approximate surface area is 127 Å². The van der Waals surface area contributed by atoms with Crippen LogP contribution in [-0.4, -0.2) is 50.1 Å². The van der Waals surface area contributed by atoms with Gasteiger partial charge in [-0.2, -0.15) is 4.98 Å². The molecule has 1 heterocycles. The van der Waals surface area contributed by atoms with Crippen LogP contribution in [0.15, 0.2) is 6.07 Å². The second-order valence-electron chi connectivity index (χ2n) is 4.60. The summed E-state index contributed by atoms with van der Waals surface area (Å²) >= 11 is 0. The van der Waals surface area contributed by atoms with E-state index in [-0.39, 0.29) is 0 Å². The molecule has 0 bridgehead atoms. The van der Waals surface area contributed by atoms with Gasteiger partial charge in [0.2, 0.25) is 5.88 Å². The van der Waals surface area contributed by atoms with Crippen molar-refractivity contribution in [3.05, 3.63) is 11.9 Å². The van der Waals surface area contributed by atoms with Crippen LogP contribution in [-0.2, 0) is 15.9 Å². The van der Waals surface area contributed by atoms with E-state index in [0.717, 1.165) is 37.4 Å². The molecule has 1 aromatic heterocycles. The Morgan fingerprint density at radius 2 is 1.95 bits per heavy atom. The zero-order valence-corrected chi connectivity index (χ0v) is 13.4. The van der Waals surface area contributed by atoms with Gasteiger partial charge in [-0.05, 0) is 13.3 Å². The highest BCUT2D eigenvalue weighted by Gasteiger charge is 2.05. The third-order valence-corrected chi connectivity index (χ3v) is 2.70. The van der Waals surface area contributed by atoms with Crippen LogP contribution in [0.25, 0.3) is 0 Å². The zero-order valence-electron chi connectivity index (χ0n) is 13.4. The van der Waals surface area contributed by atoms with Crippen molar-refractivity contribution >= 4 is 5.82 Å². The molecule has 0 atom stereocenters. The SMILES string of the molecule is CCCc1nc(NCC)cc(OCCCOCCOC)n1.